The van der Waals surface area contributed by atoms with Gasteiger partial charge in [0.25, 0.3) is 0 Å². The molecule has 4 heteroatoms. The first-order valence-electron chi connectivity index (χ1n) is 10.2. The van der Waals surface area contributed by atoms with Crippen LogP contribution >= 0.6 is 0 Å². The second-order valence-corrected chi connectivity index (χ2v) is 8.04. The molecule has 2 aromatic carbocycles. The number of nitrogens with zero attached hydrogens (tertiary/aromatic N) is 2. The quantitative estimate of drug-likeness (QED) is 0.587. The zero-order chi connectivity index (χ0) is 21.7. The molecule has 0 atom stereocenters. The van der Waals surface area contributed by atoms with E-state index in [1.54, 1.807) is 0 Å². The Morgan fingerprint density at radius 1 is 1.07 bits per heavy atom. The first-order valence-corrected chi connectivity index (χ1v) is 10.2. The molecule has 0 aliphatic rings. The van der Waals surface area contributed by atoms with Gasteiger partial charge in [0, 0.05) is 16.9 Å². The van der Waals surface area contributed by atoms with Gasteiger partial charge in [-0.25, -0.2) is 0 Å². The van der Waals surface area contributed by atoms with Gasteiger partial charge in [0.2, 0.25) is 5.91 Å². The fourth-order valence-corrected chi connectivity index (χ4v) is 3.60. The summed E-state index contributed by atoms with van der Waals surface area (Å²) < 4.78 is 0. The number of anilines is 1. The van der Waals surface area contributed by atoms with Crippen LogP contribution in [0.5, 0.6) is 0 Å². The van der Waals surface area contributed by atoms with Gasteiger partial charge in [-0.05, 0) is 49.4 Å². The number of rotatable bonds is 6. The lowest BCUT2D eigenvalue weighted by Gasteiger charge is -2.18. The third-order valence-electron chi connectivity index (χ3n) is 5.03. The summed E-state index contributed by atoms with van der Waals surface area (Å²) in [5, 5.41) is 13.0. The summed E-state index contributed by atoms with van der Waals surface area (Å²) in [5.41, 5.74) is 6.63. The van der Waals surface area contributed by atoms with Crippen LogP contribution in [0.3, 0.4) is 0 Å². The number of para-hydroxylation sites is 1. The first-order chi connectivity index (χ1) is 14.4. The van der Waals surface area contributed by atoms with Crippen LogP contribution in [0, 0.1) is 31.1 Å². The third kappa shape index (κ3) is 4.93. The molecule has 1 aromatic heterocycles. The van der Waals surface area contributed by atoms with E-state index in [9.17, 15) is 10.1 Å². The van der Waals surface area contributed by atoms with Crippen molar-refractivity contribution in [3.8, 4) is 17.2 Å². The van der Waals surface area contributed by atoms with E-state index in [1.807, 2.05) is 68.4 Å². The Labute approximate surface area is 178 Å². The number of nitriles is 1. The average Bonchev–Trinajstić information content (AvgIpc) is 2.70. The van der Waals surface area contributed by atoms with E-state index < -0.39 is 0 Å². The highest BCUT2D eigenvalue weighted by Gasteiger charge is 2.21. The minimum absolute atomic E-state index is 0.125. The second-order valence-electron chi connectivity index (χ2n) is 8.04. The van der Waals surface area contributed by atoms with Crippen LogP contribution in [0.15, 0.2) is 54.6 Å². The molecule has 0 fully saturated rings. The van der Waals surface area contributed by atoms with Crippen molar-refractivity contribution in [2.24, 2.45) is 5.92 Å². The van der Waals surface area contributed by atoms with Gasteiger partial charge in [-0.3, -0.25) is 9.78 Å². The van der Waals surface area contributed by atoms with Gasteiger partial charge in [-0.2, -0.15) is 5.26 Å². The number of hydrogen-bond acceptors (Lipinski definition) is 3. The maximum absolute atomic E-state index is 12.8. The molecule has 4 nitrogen and oxygen atoms in total. The summed E-state index contributed by atoms with van der Waals surface area (Å²) >= 11 is 0. The predicted molar refractivity (Wildman–Crippen MR) is 121 cm³/mol. The van der Waals surface area contributed by atoms with Crippen molar-refractivity contribution in [2.45, 2.75) is 40.5 Å². The lowest BCUT2D eigenvalue weighted by atomic mass is 9.89. The van der Waals surface area contributed by atoms with Gasteiger partial charge in [0.15, 0.2) is 0 Å². The number of carbonyl (C=O) groups is 1. The number of hydrogen-bond donors (Lipinski definition) is 1. The van der Waals surface area contributed by atoms with Gasteiger partial charge in [0.1, 0.15) is 6.07 Å². The summed E-state index contributed by atoms with van der Waals surface area (Å²) in [6.07, 6.45) is 0.882. The fourth-order valence-electron chi connectivity index (χ4n) is 3.60. The third-order valence-corrected chi connectivity index (χ3v) is 5.03. The molecule has 0 spiro atoms. The van der Waals surface area contributed by atoms with Crippen molar-refractivity contribution in [3.63, 3.8) is 0 Å². The Hall–Kier alpha value is -3.45. The topological polar surface area (TPSA) is 65.8 Å². The standard InChI is InChI=1S/C26H27N3O/c1-17(2)14-24-23(16-27)26(20-12-10-18(3)11-13-20)22(19(4)28-24)15-25(30)29-21-8-6-5-7-9-21/h5-13,17H,14-15H2,1-4H3,(H,29,30). The Morgan fingerprint density at radius 2 is 1.73 bits per heavy atom. The van der Waals surface area contributed by atoms with E-state index in [2.05, 4.69) is 25.2 Å². The van der Waals surface area contributed by atoms with Crippen molar-refractivity contribution >= 4 is 11.6 Å². The van der Waals surface area contributed by atoms with E-state index in [0.717, 1.165) is 45.7 Å². The van der Waals surface area contributed by atoms with Crippen LogP contribution in [0.4, 0.5) is 5.69 Å². The molecular weight excluding hydrogens is 370 g/mol. The minimum atomic E-state index is -0.125. The van der Waals surface area contributed by atoms with E-state index in [0.29, 0.717) is 11.5 Å². The molecule has 0 saturated carbocycles. The van der Waals surface area contributed by atoms with Crippen LogP contribution < -0.4 is 5.32 Å². The van der Waals surface area contributed by atoms with Crippen molar-refractivity contribution in [1.82, 2.24) is 4.98 Å². The molecule has 0 aliphatic carbocycles. The maximum atomic E-state index is 12.8. The fraction of sp³-hybridized carbons (Fsp3) is 0.269. The lowest BCUT2D eigenvalue weighted by molar-refractivity contribution is -0.115. The number of carbonyl (C=O) groups excluding carboxylic acids is 1. The molecule has 3 rings (SSSR count). The van der Waals surface area contributed by atoms with Gasteiger partial charge >= 0.3 is 0 Å². The number of aromatic nitrogens is 1. The van der Waals surface area contributed by atoms with Gasteiger partial charge in [0.05, 0.1) is 17.7 Å². The Balaban J connectivity index is 2.10. The maximum Gasteiger partial charge on any atom is 0.228 e. The molecule has 1 N–H and O–H groups in total. The number of aryl methyl sites for hydroxylation is 2. The Morgan fingerprint density at radius 3 is 2.33 bits per heavy atom. The molecule has 1 heterocycles. The van der Waals surface area contributed by atoms with Crippen molar-refractivity contribution in [1.29, 1.82) is 5.26 Å². The molecule has 0 bridgehead atoms. The van der Waals surface area contributed by atoms with E-state index >= 15 is 0 Å². The van der Waals surface area contributed by atoms with Crippen LogP contribution in [0.1, 0.15) is 41.9 Å². The SMILES string of the molecule is Cc1ccc(-c2c(C#N)c(CC(C)C)nc(C)c2CC(=O)Nc2ccccc2)cc1. The highest BCUT2D eigenvalue weighted by Crippen LogP contribution is 2.32. The normalized spacial score (nSPS) is 10.7. The zero-order valence-corrected chi connectivity index (χ0v) is 18.0. The molecule has 0 radical (unpaired) electrons. The number of amides is 1. The van der Waals surface area contributed by atoms with E-state index in [1.165, 1.54) is 0 Å². The van der Waals surface area contributed by atoms with Crippen LogP contribution in [0.25, 0.3) is 11.1 Å². The smallest absolute Gasteiger partial charge is 0.228 e. The highest BCUT2D eigenvalue weighted by atomic mass is 16.1. The molecule has 30 heavy (non-hydrogen) atoms. The van der Waals surface area contributed by atoms with Crippen LogP contribution in [-0.4, -0.2) is 10.9 Å². The highest BCUT2D eigenvalue weighted by molar-refractivity contribution is 5.94. The van der Waals surface area contributed by atoms with Crippen molar-refractivity contribution in [2.75, 3.05) is 5.32 Å². The van der Waals surface area contributed by atoms with E-state index in [4.69, 9.17) is 4.98 Å². The van der Waals surface area contributed by atoms with Crippen LogP contribution in [0.2, 0.25) is 0 Å². The summed E-state index contributed by atoms with van der Waals surface area (Å²) in [7, 11) is 0. The molecule has 0 aliphatic heterocycles. The van der Waals surface area contributed by atoms with Gasteiger partial charge in [-0.1, -0.05) is 61.9 Å². The molecule has 0 unspecified atom stereocenters. The second kappa shape index (κ2) is 9.37. The molecule has 1 amide bonds. The van der Waals surface area contributed by atoms with Crippen molar-refractivity contribution in [3.05, 3.63) is 82.7 Å². The summed E-state index contributed by atoms with van der Waals surface area (Å²) in [6.45, 7) is 8.19. The molecular formula is C26H27N3O. The summed E-state index contributed by atoms with van der Waals surface area (Å²) in [6, 6.07) is 19.9. The first kappa shape index (κ1) is 21.3. The van der Waals surface area contributed by atoms with E-state index in [-0.39, 0.29) is 12.3 Å². The Kier molecular flexibility index (Phi) is 6.64. The summed E-state index contributed by atoms with van der Waals surface area (Å²) in [4.78, 5) is 17.6. The molecule has 152 valence electrons. The monoisotopic (exact) mass is 397 g/mol. The number of benzene rings is 2. The average molecular weight is 398 g/mol. The number of pyridine rings is 1. The largest absolute Gasteiger partial charge is 0.326 e. The molecule has 3 aromatic rings. The lowest BCUT2D eigenvalue weighted by Crippen LogP contribution is -2.17. The number of nitrogens with one attached hydrogen (secondary N) is 1. The van der Waals surface area contributed by atoms with Crippen molar-refractivity contribution < 1.29 is 4.79 Å². The van der Waals surface area contributed by atoms with Gasteiger partial charge in [-0.15, -0.1) is 0 Å². The zero-order valence-electron chi connectivity index (χ0n) is 18.0. The minimum Gasteiger partial charge on any atom is -0.326 e. The van der Waals surface area contributed by atoms with Gasteiger partial charge < -0.3 is 5.32 Å². The van der Waals surface area contributed by atoms with Crippen LogP contribution in [-0.2, 0) is 17.6 Å². The Bertz CT molecular complexity index is 1080. The molecule has 0 saturated heterocycles. The predicted octanol–water partition coefficient (Wildman–Crippen LogP) is 5.62. The summed E-state index contributed by atoms with van der Waals surface area (Å²) in [5.74, 6) is 0.252.